The minimum Gasteiger partial charge on any atom is -0.399 e. The van der Waals surface area contributed by atoms with E-state index in [4.69, 9.17) is 9.47 Å². The van der Waals surface area contributed by atoms with Crippen LogP contribution in [0.15, 0.2) is 60.0 Å². The van der Waals surface area contributed by atoms with E-state index in [1.54, 1.807) is 17.0 Å². The lowest BCUT2D eigenvalue weighted by Gasteiger charge is -2.30. The van der Waals surface area contributed by atoms with E-state index in [-0.39, 0.29) is 5.82 Å². The molecule has 6 nitrogen and oxygen atoms in total. The first-order chi connectivity index (χ1) is 19.5. The van der Waals surface area contributed by atoms with Gasteiger partial charge in [-0.05, 0) is 77.4 Å². The molecule has 2 saturated heterocycles. The minimum atomic E-state index is -0.455. The summed E-state index contributed by atoms with van der Waals surface area (Å²) in [7, 11) is 0. The SMILES string of the molecule is Cc1c(CN2CC3C(C2)C3CN(C(=O)Oc2cccs2)c2ccc(N3CCOCC3)c(F)c2)sc2ccccc12. The number of thiophene rings is 2. The molecule has 208 valence electrons. The standard InChI is InChI=1S/C31H32FN3O3S2/c1-20-22-5-2-3-6-28(22)40-29(20)19-33-16-23-24(17-33)25(23)18-35(31(36)38-30-7-4-14-39-30)21-8-9-27(26(32)15-21)34-10-12-37-13-11-34/h2-9,14-15,23-25H,10-13,16-19H2,1H3. The fourth-order valence-electron chi connectivity index (χ4n) is 6.40. The van der Waals surface area contributed by atoms with Gasteiger partial charge in [-0.3, -0.25) is 9.80 Å². The maximum absolute atomic E-state index is 15.3. The third-order valence-corrected chi connectivity index (χ3v) is 10.7. The van der Waals surface area contributed by atoms with Gasteiger partial charge in [0.15, 0.2) is 5.06 Å². The Morgan fingerprint density at radius 3 is 2.62 bits per heavy atom. The molecular formula is C31H32FN3O3S2. The Labute approximate surface area is 241 Å². The molecule has 3 aliphatic rings. The number of piperidine rings is 1. The average Bonchev–Trinajstić information content (AvgIpc) is 3.39. The molecule has 0 radical (unpaired) electrons. The number of ether oxygens (including phenoxy) is 2. The number of carbonyl (C=O) groups excluding carboxylic acids is 1. The molecule has 1 amide bonds. The Bertz CT molecular complexity index is 1510. The van der Waals surface area contributed by atoms with Gasteiger partial charge in [0.25, 0.3) is 0 Å². The highest BCUT2D eigenvalue weighted by Gasteiger charge is 2.56. The van der Waals surface area contributed by atoms with Gasteiger partial charge in [-0.25, -0.2) is 9.18 Å². The Morgan fingerprint density at radius 2 is 1.90 bits per heavy atom. The Balaban J connectivity index is 1.05. The number of rotatable bonds is 7. The maximum Gasteiger partial charge on any atom is 0.420 e. The van der Waals surface area contributed by atoms with Crippen LogP contribution in [0.3, 0.4) is 0 Å². The number of aryl methyl sites for hydroxylation is 1. The summed E-state index contributed by atoms with van der Waals surface area (Å²) in [6.07, 6.45) is -0.455. The molecule has 2 aliphatic heterocycles. The summed E-state index contributed by atoms with van der Waals surface area (Å²) >= 11 is 3.27. The molecule has 0 bridgehead atoms. The molecule has 2 unspecified atom stereocenters. The number of morpholine rings is 1. The van der Waals surface area contributed by atoms with Crippen LogP contribution in [0.1, 0.15) is 10.4 Å². The third-order valence-electron chi connectivity index (χ3n) is 8.65. The summed E-state index contributed by atoms with van der Waals surface area (Å²) in [4.78, 5) is 21.0. The van der Waals surface area contributed by atoms with Crippen molar-refractivity contribution in [2.75, 3.05) is 55.7 Å². The fraction of sp³-hybridized carbons (Fsp3) is 0.387. The van der Waals surface area contributed by atoms with E-state index in [9.17, 15) is 4.79 Å². The van der Waals surface area contributed by atoms with Gasteiger partial charge in [-0.1, -0.05) is 18.2 Å². The highest BCUT2D eigenvalue weighted by Crippen LogP contribution is 2.53. The first-order valence-electron chi connectivity index (χ1n) is 13.9. The number of hydrogen-bond acceptors (Lipinski definition) is 7. The molecule has 0 N–H and O–H groups in total. The summed E-state index contributed by atoms with van der Waals surface area (Å²) in [6.45, 7) is 8.28. The van der Waals surface area contributed by atoms with E-state index in [2.05, 4.69) is 36.1 Å². The molecule has 0 spiro atoms. The molecule has 3 fully saturated rings. The second-order valence-electron chi connectivity index (χ2n) is 11.0. The van der Waals surface area contributed by atoms with Crippen LogP contribution >= 0.6 is 22.7 Å². The Hall–Kier alpha value is -2.98. The smallest absolute Gasteiger partial charge is 0.399 e. The molecule has 1 saturated carbocycles. The molecule has 2 aromatic heterocycles. The highest BCUT2D eigenvalue weighted by molar-refractivity contribution is 7.19. The lowest BCUT2D eigenvalue weighted by Crippen LogP contribution is -2.38. The van der Waals surface area contributed by atoms with Crippen LogP contribution in [0.4, 0.5) is 20.6 Å². The van der Waals surface area contributed by atoms with Gasteiger partial charge in [-0.2, -0.15) is 0 Å². The van der Waals surface area contributed by atoms with Crippen LogP contribution < -0.4 is 14.5 Å². The average molecular weight is 578 g/mol. The molecule has 1 aliphatic carbocycles. The largest absolute Gasteiger partial charge is 0.420 e. The lowest BCUT2D eigenvalue weighted by atomic mass is 10.1. The van der Waals surface area contributed by atoms with Crippen LogP contribution in [-0.4, -0.2) is 56.9 Å². The number of amides is 1. The molecule has 7 rings (SSSR count). The van der Waals surface area contributed by atoms with Crippen molar-refractivity contribution in [3.05, 3.63) is 76.2 Å². The highest BCUT2D eigenvalue weighted by atomic mass is 32.1. The molecule has 4 heterocycles. The predicted molar refractivity (Wildman–Crippen MR) is 159 cm³/mol. The van der Waals surface area contributed by atoms with Crippen molar-refractivity contribution in [1.82, 2.24) is 4.90 Å². The minimum absolute atomic E-state index is 0.325. The van der Waals surface area contributed by atoms with E-state index in [0.717, 1.165) is 19.6 Å². The normalized spacial score (nSPS) is 22.4. The number of halogens is 1. The lowest BCUT2D eigenvalue weighted by molar-refractivity contribution is 0.122. The van der Waals surface area contributed by atoms with Gasteiger partial charge in [0, 0.05) is 48.8 Å². The molecule has 4 aromatic rings. The summed E-state index contributed by atoms with van der Waals surface area (Å²) < 4.78 is 27.8. The second-order valence-corrected chi connectivity index (χ2v) is 13.0. The molecular weight excluding hydrogens is 545 g/mol. The zero-order valence-electron chi connectivity index (χ0n) is 22.4. The Kier molecular flexibility index (Phi) is 6.99. The van der Waals surface area contributed by atoms with Crippen molar-refractivity contribution in [3.63, 3.8) is 0 Å². The van der Waals surface area contributed by atoms with Crippen molar-refractivity contribution < 1.29 is 18.7 Å². The van der Waals surface area contributed by atoms with Gasteiger partial charge in [-0.15, -0.1) is 22.7 Å². The topological polar surface area (TPSA) is 45.2 Å². The van der Waals surface area contributed by atoms with Crippen LogP contribution in [0, 0.1) is 30.5 Å². The van der Waals surface area contributed by atoms with E-state index in [1.807, 2.05) is 33.7 Å². The zero-order chi connectivity index (χ0) is 27.2. The number of hydrogen-bond donors (Lipinski definition) is 0. The van der Waals surface area contributed by atoms with E-state index < -0.39 is 6.09 Å². The molecule has 9 heteroatoms. The number of likely N-dealkylation sites (tertiary alicyclic amines) is 1. The maximum atomic E-state index is 15.3. The van der Waals surface area contributed by atoms with Gasteiger partial charge >= 0.3 is 6.09 Å². The molecule has 40 heavy (non-hydrogen) atoms. The Morgan fingerprint density at radius 1 is 1.10 bits per heavy atom. The third kappa shape index (κ3) is 5.00. The van der Waals surface area contributed by atoms with Crippen molar-refractivity contribution in [2.24, 2.45) is 17.8 Å². The second kappa shape index (κ2) is 10.8. The summed E-state index contributed by atoms with van der Waals surface area (Å²) in [6, 6.07) is 17.4. The molecule has 2 atom stereocenters. The first kappa shape index (κ1) is 26.0. The van der Waals surface area contributed by atoms with Crippen molar-refractivity contribution >= 4 is 50.2 Å². The number of anilines is 2. The van der Waals surface area contributed by atoms with Crippen LogP contribution in [-0.2, 0) is 11.3 Å². The van der Waals surface area contributed by atoms with E-state index in [1.165, 1.54) is 37.9 Å². The fourth-order valence-corrected chi connectivity index (χ4v) is 8.22. The van der Waals surface area contributed by atoms with Crippen LogP contribution in [0.2, 0.25) is 0 Å². The van der Waals surface area contributed by atoms with Gasteiger partial charge in [0.2, 0.25) is 0 Å². The van der Waals surface area contributed by atoms with Crippen LogP contribution in [0.25, 0.3) is 10.1 Å². The predicted octanol–water partition coefficient (Wildman–Crippen LogP) is 6.63. The van der Waals surface area contributed by atoms with Gasteiger partial charge in [0.05, 0.1) is 24.6 Å². The summed E-state index contributed by atoms with van der Waals surface area (Å²) in [5.41, 5.74) is 2.48. The van der Waals surface area contributed by atoms with Crippen LogP contribution in [0.5, 0.6) is 5.06 Å². The number of fused-ring (bicyclic) bond motifs is 2. The summed E-state index contributed by atoms with van der Waals surface area (Å²) in [5, 5.41) is 3.78. The van der Waals surface area contributed by atoms with Crippen molar-refractivity contribution in [1.29, 1.82) is 0 Å². The van der Waals surface area contributed by atoms with Gasteiger partial charge < -0.3 is 14.4 Å². The number of nitrogens with zero attached hydrogens (tertiary/aromatic N) is 3. The van der Waals surface area contributed by atoms with Gasteiger partial charge in [0.1, 0.15) is 5.82 Å². The zero-order valence-corrected chi connectivity index (χ0v) is 24.1. The quantitative estimate of drug-likeness (QED) is 0.247. The van der Waals surface area contributed by atoms with Crippen molar-refractivity contribution in [2.45, 2.75) is 13.5 Å². The monoisotopic (exact) mass is 577 g/mol. The number of benzene rings is 2. The summed E-state index contributed by atoms with van der Waals surface area (Å²) in [5.74, 6) is 1.15. The van der Waals surface area contributed by atoms with E-state index >= 15 is 4.39 Å². The number of carbonyl (C=O) groups is 1. The molecule has 2 aromatic carbocycles. The van der Waals surface area contributed by atoms with E-state index in [0.29, 0.717) is 67.0 Å². The first-order valence-corrected chi connectivity index (χ1v) is 15.6. The van der Waals surface area contributed by atoms with Crippen molar-refractivity contribution in [3.8, 4) is 5.06 Å².